The monoisotopic (exact) mass is 387 g/mol. The molecule has 1 aliphatic carbocycles. The Labute approximate surface area is 168 Å². The van der Waals surface area contributed by atoms with Crippen LogP contribution >= 0.6 is 11.6 Å². The Kier molecular flexibility index (Phi) is 3.56. The molecular weight excluding hydrogens is 370 g/mol. The van der Waals surface area contributed by atoms with Gasteiger partial charge in [0.1, 0.15) is 0 Å². The first kappa shape index (κ1) is 17.2. The second kappa shape index (κ2) is 5.79. The number of nitrogens with zero attached hydrogens (tertiary/aromatic N) is 1. The smallest absolute Gasteiger partial charge is 0.241 e. The van der Waals surface area contributed by atoms with Crippen LogP contribution < -0.4 is 4.90 Å². The fraction of sp³-hybridized carbons (Fsp3) is 0.167. The largest absolute Gasteiger partial charge is 0.274 e. The maximum absolute atomic E-state index is 13.6. The van der Waals surface area contributed by atoms with E-state index in [1.807, 2.05) is 67.6 Å². The van der Waals surface area contributed by atoms with Gasteiger partial charge in [-0.25, -0.2) is 4.90 Å². The van der Waals surface area contributed by atoms with Crippen LogP contribution in [0.25, 0.3) is 0 Å². The van der Waals surface area contributed by atoms with Crippen molar-refractivity contribution >= 4 is 29.1 Å². The molecule has 0 bridgehead atoms. The van der Waals surface area contributed by atoms with Crippen molar-refractivity contribution in [2.24, 2.45) is 11.3 Å². The lowest BCUT2D eigenvalue weighted by Crippen LogP contribution is -2.42. The number of halogens is 1. The van der Waals surface area contributed by atoms with Crippen LogP contribution in [0.4, 0.5) is 5.69 Å². The van der Waals surface area contributed by atoms with Crippen LogP contribution in [-0.4, -0.2) is 11.8 Å². The average Bonchev–Trinajstić information content (AvgIpc) is 3.26. The molecule has 5 rings (SSSR count). The predicted octanol–water partition coefficient (Wildman–Crippen LogP) is 4.84. The van der Waals surface area contributed by atoms with Crippen molar-refractivity contribution in [2.45, 2.75) is 12.3 Å². The molecule has 28 heavy (non-hydrogen) atoms. The number of hydrogen-bond donors (Lipinski definition) is 0. The molecular formula is C24H18ClNO2. The van der Waals surface area contributed by atoms with E-state index in [0.29, 0.717) is 10.7 Å². The molecule has 2 amide bonds. The Morgan fingerprint density at radius 2 is 1.29 bits per heavy atom. The molecule has 0 N–H and O–H groups in total. The Bertz CT molecular complexity index is 1040. The molecule has 1 aliphatic heterocycles. The summed E-state index contributed by atoms with van der Waals surface area (Å²) in [4.78, 5) is 28.4. The number of carbonyl (C=O) groups excluding carboxylic acids is 2. The normalized spacial score (nSPS) is 24.9. The zero-order chi connectivity index (χ0) is 19.5. The van der Waals surface area contributed by atoms with Gasteiger partial charge in [0, 0.05) is 10.4 Å². The molecule has 138 valence electrons. The first-order chi connectivity index (χ1) is 13.5. The number of fused-ring (bicyclic) bond motifs is 1. The van der Waals surface area contributed by atoms with Gasteiger partial charge in [0.15, 0.2) is 0 Å². The lowest BCUT2D eigenvalue weighted by molar-refractivity contribution is -0.125. The van der Waals surface area contributed by atoms with Gasteiger partial charge in [-0.3, -0.25) is 9.59 Å². The number of anilines is 1. The molecule has 2 fully saturated rings. The van der Waals surface area contributed by atoms with Crippen LogP contribution in [0.15, 0.2) is 84.9 Å². The summed E-state index contributed by atoms with van der Waals surface area (Å²) in [5.74, 6) is -0.729. The maximum Gasteiger partial charge on any atom is 0.241 e. The van der Waals surface area contributed by atoms with Crippen molar-refractivity contribution in [1.29, 1.82) is 0 Å². The second-order valence-corrected chi connectivity index (χ2v) is 8.07. The molecule has 2 atom stereocenters. The van der Waals surface area contributed by atoms with Crippen LogP contribution in [0, 0.1) is 11.3 Å². The van der Waals surface area contributed by atoms with Gasteiger partial charge < -0.3 is 0 Å². The highest BCUT2D eigenvalue weighted by Gasteiger charge is 2.86. The number of amides is 2. The number of piperidine rings is 1. The molecule has 4 heteroatoms. The minimum atomic E-state index is -0.813. The predicted molar refractivity (Wildman–Crippen MR) is 109 cm³/mol. The molecule has 3 aromatic rings. The molecule has 2 aliphatic rings. The number of imide groups is 1. The lowest BCUT2D eigenvalue weighted by Gasteiger charge is -2.29. The zero-order valence-corrected chi connectivity index (χ0v) is 16.1. The first-order valence-electron chi connectivity index (χ1n) is 9.28. The summed E-state index contributed by atoms with van der Waals surface area (Å²) in [5, 5.41) is 0.571. The highest BCUT2D eigenvalue weighted by molar-refractivity contribution is 6.31. The lowest BCUT2D eigenvalue weighted by atomic mass is 9.79. The summed E-state index contributed by atoms with van der Waals surface area (Å²) in [6, 6.07) is 26.7. The van der Waals surface area contributed by atoms with E-state index < -0.39 is 16.7 Å². The van der Waals surface area contributed by atoms with Gasteiger partial charge in [-0.1, -0.05) is 72.3 Å². The van der Waals surface area contributed by atoms with Gasteiger partial charge in [-0.05, 0) is 42.3 Å². The van der Waals surface area contributed by atoms with Crippen LogP contribution in [-0.2, 0) is 15.0 Å². The van der Waals surface area contributed by atoms with E-state index in [1.165, 1.54) is 4.90 Å². The van der Waals surface area contributed by atoms with E-state index in [0.717, 1.165) is 11.1 Å². The first-order valence-corrected chi connectivity index (χ1v) is 9.65. The minimum Gasteiger partial charge on any atom is -0.274 e. The Morgan fingerprint density at radius 1 is 0.786 bits per heavy atom. The van der Waals surface area contributed by atoms with Crippen LogP contribution in [0.1, 0.15) is 18.1 Å². The molecule has 0 spiro atoms. The van der Waals surface area contributed by atoms with Crippen molar-refractivity contribution in [3.05, 3.63) is 101 Å². The third-order valence-corrected chi connectivity index (χ3v) is 6.66. The van der Waals surface area contributed by atoms with E-state index in [1.54, 1.807) is 24.3 Å². The van der Waals surface area contributed by atoms with Gasteiger partial charge in [0.2, 0.25) is 11.8 Å². The molecule has 1 saturated carbocycles. The number of hydrogen-bond acceptors (Lipinski definition) is 2. The summed E-state index contributed by atoms with van der Waals surface area (Å²) in [6.45, 7) is 1.92. The average molecular weight is 388 g/mol. The molecule has 0 aromatic heterocycles. The molecule has 3 aromatic carbocycles. The van der Waals surface area contributed by atoms with Gasteiger partial charge in [0.25, 0.3) is 0 Å². The SMILES string of the molecule is C[C@]12C(=O)N(c3ccc(Cl)cc3)C(=O)[C@@H]1C2(c1ccccc1)c1ccccc1. The van der Waals surface area contributed by atoms with Crippen LogP contribution in [0.5, 0.6) is 0 Å². The Balaban J connectivity index is 1.67. The summed E-state index contributed by atoms with van der Waals surface area (Å²) < 4.78 is 0. The summed E-state index contributed by atoms with van der Waals surface area (Å²) >= 11 is 5.97. The van der Waals surface area contributed by atoms with Gasteiger partial charge in [-0.2, -0.15) is 0 Å². The highest BCUT2D eigenvalue weighted by atomic mass is 35.5. The van der Waals surface area contributed by atoms with Crippen LogP contribution in [0.2, 0.25) is 5.02 Å². The van der Waals surface area contributed by atoms with Crippen LogP contribution in [0.3, 0.4) is 0 Å². The van der Waals surface area contributed by atoms with Crippen molar-refractivity contribution in [3.8, 4) is 0 Å². The number of benzene rings is 3. The third-order valence-electron chi connectivity index (χ3n) is 6.40. The Hall–Kier alpha value is -2.91. The van der Waals surface area contributed by atoms with Gasteiger partial charge in [0.05, 0.1) is 17.0 Å². The standard InChI is InChI=1S/C24H18ClNO2/c1-23-20(21(27)26(22(23)28)19-14-12-18(25)13-15-19)24(23,16-8-4-2-5-9-16)17-10-6-3-7-11-17/h2-15,20H,1H3/t20-,23+/m0/s1. The van der Waals surface area contributed by atoms with Crippen molar-refractivity contribution in [3.63, 3.8) is 0 Å². The quantitative estimate of drug-likeness (QED) is 0.603. The second-order valence-electron chi connectivity index (χ2n) is 7.63. The minimum absolute atomic E-state index is 0.150. The topological polar surface area (TPSA) is 37.4 Å². The summed E-state index contributed by atoms with van der Waals surface area (Å²) in [6.07, 6.45) is 0. The summed E-state index contributed by atoms with van der Waals surface area (Å²) in [5.41, 5.74) is 1.14. The fourth-order valence-electron chi connectivity index (χ4n) is 5.14. The summed E-state index contributed by atoms with van der Waals surface area (Å²) in [7, 11) is 0. The molecule has 1 saturated heterocycles. The highest BCUT2D eigenvalue weighted by Crippen LogP contribution is 2.76. The maximum atomic E-state index is 13.6. The van der Waals surface area contributed by atoms with Crippen molar-refractivity contribution < 1.29 is 9.59 Å². The molecule has 0 unspecified atom stereocenters. The van der Waals surface area contributed by atoms with Gasteiger partial charge in [-0.15, -0.1) is 0 Å². The van der Waals surface area contributed by atoms with E-state index in [4.69, 9.17) is 11.6 Å². The van der Waals surface area contributed by atoms with Gasteiger partial charge >= 0.3 is 0 Å². The molecule has 1 heterocycles. The van der Waals surface area contributed by atoms with Crippen molar-refractivity contribution in [2.75, 3.05) is 4.90 Å². The third kappa shape index (κ3) is 1.95. The number of carbonyl (C=O) groups is 2. The number of rotatable bonds is 3. The molecule has 3 nitrogen and oxygen atoms in total. The van der Waals surface area contributed by atoms with E-state index in [2.05, 4.69) is 0 Å². The van der Waals surface area contributed by atoms with Crippen molar-refractivity contribution in [1.82, 2.24) is 0 Å². The van der Waals surface area contributed by atoms with E-state index in [9.17, 15) is 9.59 Å². The molecule has 0 radical (unpaired) electrons. The van der Waals surface area contributed by atoms with E-state index in [-0.39, 0.29) is 11.8 Å². The van der Waals surface area contributed by atoms with E-state index >= 15 is 0 Å². The Morgan fingerprint density at radius 3 is 1.71 bits per heavy atom. The fourth-order valence-corrected chi connectivity index (χ4v) is 5.27. The zero-order valence-electron chi connectivity index (χ0n) is 15.3.